The van der Waals surface area contributed by atoms with Gasteiger partial charge in [-0.2, -0.15) is 5.10 Å². The second-order valence-electron chi connectivity index (χ2n) is 6.21. The number of aromatic nitrogens is 2. The number of ether oxygens (including phenoxy) is 1. The number of aryl methyl sites for hydroxylation is 3. The molecule has 0 aliphatic carbocycles. The van der Waals surface area contributed by atoms with Gasteiger partial charge in [0, 0.05) is 25.3 Å². The van der Waals surface area contributed by atoms with Gasteiger partial charge >= 0.3 is 0 Å². The first kappa shape index (κ1) is 23.3. The standard InChI is InChI=1S/C20H31N5O.HI/c1-5-21-20(22-11-8-12-25-17(4)13-16(3)24-25)23-15-18-9-7-10-19(14-18)26-6-2;/h7,9-10,13-14H,5-6,8,11-12,15H2,1-4H3,(H2,21,22,23);1H. The Kier molecular flexibility index (Phi) is 10.8. The molecule has 2 rings (SSSR count). The van der Waals surface area contributed by atoms with Gasteiger partial charge in [-0.05, 0) is 57.9 Å². The van der Waals surface area contributed by atoms with Crippen LogP contribution in [0.5, 0.6) is 5.75 Å². The molecule has 0 saturated carbocycles. The third-order valence-electron chi connectivity index (χ3n) is 3.92. The maximum atomic E-state index is 5.55. The predicted octanol–water partition coefficient (Wildman–Crippen LogP) is 3.66. The number of guanidine groups is 1. The summed E-state index contributed by atoms with van der Waals surface area (Å²) in [6.07, 6.45) is 0.992. The zero-order valence-electron chi connectivity index (χ0n) is 16.8. The van der Waals surface area contributed by atoms with Gasteiger partial charge in [-0.25, -0.2) is 4.99 Å². The van der Waals surface area contributed by atoms with Gasteiger partial charge in [0.25, 0.3) is 0 Å². The molecule has 1 aromatic carbocycles. The maximum absolute atomic E-state index is 5.55. The molecule has 0 aliphatic rings. The van der Waals surface area contributed by atoms with E-state index in [4.69, 9.17) is 4.74 Å². The monoisotopic (exact) mass is 485 g/mol. The van der Waals surface area contributed by atoms with Crippen molar-refractivity contribution in [1.29, 1.82) is 0 Å². The van der Waals surface area contributed by atoms with Gasteiger partial charge in [-0.1, -0.05) is 12.1 Å². The first-order chi connectivity index (χ1) is 12.6. The molecule has 2 N–H and O–H groups in total. The van der Waals surface area contributed by atoms with Crippen molar-refractivity contribution in [1.82, 2.24) is 20.4 Å². The Bertz CT molecular complexity index is 714. The van der Waals surface area contributed by atoms with Crippen LogP contribution in [0.1, 0.15) is 37.2 Å². The Hall–Kier alpha value is -1.77. The van der Waals surface area contributed by atoms with E-state index in [0.717, 1.165) is 49.0 Å². The normalized spacial score (nSPS) is 11.0. The molecule has 2 aromatic rings. The lowest BCUT2D eigenvalue weighted by Crippen LogP contribution is -2.38. The molecule has 0 aliphatic heterocycles. The van der Waals surface area contributed by atoms with Crippen molar-refractivity contribution in [2.24, 2.45) is 4.99 Å². The van der Waals surface area contributed by atoms with Crippen molar-refractivity contribution in [2.75, 3.05) is 19.7 Å². The summed E-state index contributed by atoms with van der Waals surface area (Å²) in [5.74, 6) is 1.73. The van der Waals surface area contributed by atoms with Crippen LogP contribution < -0.4 is 15.4 Å². The number of rotatable bonds is 9. The summed E-state index contributed by atoms with van der Waals surface area (Å²) < 4.78 is 7.60. The number of aliphatic imine (C=N–C) groups is 1. The van der Waals surface area contributed by atoms with Crippen LogP contribution in [-0.2, 0) is 13.1 Å². The average molecular weight is 485 g/mol. The summed E-state index contributed by atoms with van der Waals surface area (Å²) in [5, 5.41) is 11.2. The van der Waals surface area contributed by atoms with E-state index in [1.807, 2.05) is 32.0 Å². The number of hydrogen-bond acceptors (Lipinski definition) is 3. The summed E-state index contributed by atoms with van der Waals surface area (Å²) >= 11 is 0. The fourth-order valence-corrected chi connectivity index (χ4v) is 2.75. The molecule has 7 heteroatoms. The highest BCUT2D eigenvalue weighted by atomic mass is 127. The van der Waals surface area contributed by atoms with Gasteiger partial charge in [-0.3, -0.25) is 4.68 Å². The minimum absolute atomic E-state index is 0. The lowest BCUT2D eigenvalue weighted by Gasteiger charge is -2.12. The van der Waals surface area contributed by atoms with Gasteiger partial charge in [0.15, 0.2) is 5.96 Å². The SMILES string of the molecule is CCNC(=NCc1cccc(OCC)c1)NCCCn1nc(C)cc1C.I. The highest BCUT2D eigenvalue weighted by molar-refractivity contribution is 14.0. The van der Waals surface area contributed by atoms with E-state index in [9.17, 15) is 0 Å². The fourth-order valence-electron chi connectivity index (χ4n) is 2.75. The van der Waals surface area contributed by atoms with Crippen molar-refractivity contribution >= 4 is 29.9 Å². The summed E-state index contributed by atoms with van der Waals surface area (Å²) in [6.45, 7) is 12.1. The Balaban J connectivity index is 0.00000364. The Morgan fingerprint density at radius 3 is 2.67 bits per heavy atom. The summed E-state index contributed by atoms with van der Waals surface area (Å²) in [4.78, 5) is 4.67. The molecule has 0 atom stereocenters. The smallest absolute Gasteiger partial charge is 0.191 e. The lowest BCUT2D eigenvalue weighted by atomic mass is 10.2. The molecule has 6 nitrogen and oxygen atoms in total. The van der Waals surface area contributed by atoms with Crippen LogP contribution >= 0.6 is 24.0 Å². The van der Waals surface area contributed by atoms with Crippen molar-refractivity contribution in [3.63, 3.8) is 0 Å². The van der Waals surface area contributed by atoms with Crippen LogP contribution in [0.4, 0.5) is 0 Å². The summed E-state index contributed by atoms with van der Waals surface area (Å²) in [6, 6.07) is 10.2. The van der Waals surface area contributed by atoms with E-state index < -0.39 is 0 Å². The quantitative estimate of drug-likeness (QED) is 0.246. The molecular weight excluding hydrogens is 453 g/mol. The maximum Gasteiger partial charge on any atom is 0.191 e. The van der Waals surface area contributed by atoms with Crippen molar-refractivity contribution < 1.29 is 4.74 Å². The molecule has 0 saturated heterocycles. The van der Waals surface area contributed by atoms with E-state index >= 15 is 0 Å². The van der Waals surface area contributed by atoms with E-state index in [0.29, 0.717) is 13.2 Å². The average Bonchev–Trinajstić information content (AvgIpc) is 2.94. The first-order valence-electron chi connectivity index (χ1n) is 9.37. The number of nitrogens with zero attached hydrogens (tertiary/aromatic N) is 3. The second kappa shape index (κ2) is 12.6. The second-order valence-corrected chi connectivity index (χ2v) is 6.21. The Labute approximate surface area is 179 Å². The molecule has 1 heterocycles. The molecule has 0 bridgehead atoms. The van der Waals surface area contributed by atoms with E-state index in [1.165, 1.54) is 5.69 Å². The summed E-state index contributed by atoms with van der Waals surface area (Å²) in [5.41, 5.74) is 3.41. The van der Waals surface area contributed by atoms with Crippen LogP contribution in [0.3, 0.4) is 0 Å². The molecule has 150 valence electrons. The fraction of sp³-hybridized carbons (Fsp3) is 0.500. The largest absolute Gasteiger partial charge is 0.494 e. The van der Waals surface area contributed by atoms with Crippen LogP contribution in [-0.4, -0.2) is 35.4 Å². The number of hydrogen-bond donors (Lipinski definition) is 2. The summed E-state index contributed by atoms with van der Waals surface area (Å²) in [7, 11) is 0. The molecule has 27 heavy (non-hydrogen) atoms. The third kappa shape index (κ3) is 8.19. The number of benzene rings is 1. The zero-order chi connectivity index (χ0) is 18.8. The Morgan fingerprint density at radius 1 is 1.19 bits per heavy atom. The van der Waals surface area contributed by atoms with Gasteiger partial charge in [-0.15, -0.1) is 24.0 Å². The zero-order valence-corrected chi connectivity index (χ0v) is 19.1. The lowest BCUT2D eigenvalue weighted by molar-refractivity contribution is 0.340. The van der Waals surface area contributed by atoms with Crippen LogP contribution in [0.25, 0.3) is 0 Å². The predicted molar refractivity (Wildman–Crippen MR) is 122 cm³/mol. The molecule has 0 radical (unpaired) electrons. The molecule has 0 spiro atoms. The number of halogens is 1. The third-order valence-corrected chi connectivity index (χ3v) is 3.92. The molecule has 0 amide bonds. The van der Waals surface area contributed by atoms with E-state index in [-0.39, 0.29) is 24.0 Å². The van der Waals surface area contributed by atoms with Crippen molar-refractivity contribution in [3.05, 3.63) is 47.3 Å². The highest BCUT2D eigenvalue weighted by Gasteiger charge is 2.02. The molecule has 0 fully saturated rings. The minimum Gasteiger partial charge on any atom is -0.494 e. The number of nitrogens with one attached hydrogen (secondary N) is 2. The molecular formula is C20H32IN5O. The van der Waals surface area contributed by atoms with Crippen LogP contribution in [0.2, 0.25) is 0 Å². The van der Waals surface area contributed by atoms with E-state index in [2.05, 4.69) is 51.4 Å². The van der Waals surface area contributed by atoms with Crippen LogP contribution in [0, 0.1) is 13.8 Å². The van der Waals surface area contributed by atoms with Gasteiger partial charge < -0.3 is 15.4 Å². The van der Waals surface area contributed by atoms with E-state index in [1.54, 1.807) is 0 Å². The molecule has 0 unspecified atom stereocenters. The highest BCUT2D eigenvalue weighted by Crippen LogP contribution is 2.13. The van der Waals surface area contributed by atoms with Crippen molar-refractivity contribution in [3.8, 4) is 5.75 Å². The Morgan fingerprint density at radius 2 is 2.00 bits per heavy atom. The van der Waals surface area contributed by atoms with Gasteiger partial charge in [0.1, 0.15) is 5.75 Å². The van der Waals surface area contributed by atoms with Crippen LogP contribution in [0.15, 0.2) is 35.3 Å². The minimum atomic E-state index is 0. The van der Waals surface area contributed by atoms with Gasteiger partial charge in [0.05, 0.1) is 18.8 Å². The topological polar surface area (TPSA) is 63.5 Å². The van der Waals surface area contributed by atoms with Crippen molar-refractivity contribution in [2.45, 2.75) is 47.2 Å². The van der Waals surface area contributed by atoms with Gasteiger partial charge in [0.2, 0.25) is 0 Å². The first-order valence-corrected chi connectivity index (χ1v) is 9.37. The molecule has 1 aromatic heterocycles.